The first-order valence-corrected chi connectivity index (χ1v) is 9.48. The number of phenols is 1. The molecule has 1 heterocycles. The maximum atomic E-state index is 12.9. The molecule has 0 aliphatic carbocycles. The minimum absolute atomic E-state index is 0.0629. The highest BCUT2D eigenvalue weighted by Crippen LogP contribution is 2.25. The number of ether oxygens (including phenoxy) is 1. The van der Waals surface area contributed by atoms with Gasteiger partial charge in [-0.1, -0.05) is 42.5 Å². The van der Waals surface area contributed by atoms with E-state index in [2.05, 4.69) is 5.32 Å². The normalized spacial score (nSPS) is 15.2. The molecule has 1 saturated heterocycles. The van der Waals surface area contributed by atoms with E-state index in [-0.39, 0.29) is 11.3 Å². The number of rotatable bonds is 5. The number of nitrogens with zero attached hydrogens (tertiary/aromatic N) is 1. The van der Waals surface area contributed by atoms with Crippen molar-refractivity contribution < 1.29 is 24.2 Å². The molecule has 7 heteroatoms. The molecule has 1 fully saturated rings. The van der Waals surface area contributed by atoms with Crippen LogP contribution in [0.5, 0.6) is 11.5 Å². The molecule has 3 aromatic rings. The van der Waals surface area contributed by atoms with Crippen molar-refractivity contribution in [2.45, 2.75) is 6.61 Å². The van der Waals surface area contributed by atoms with Crippen LogP contribution >= 0.6 is 0 Å². The van der Waals surface area contributed by atoms with Crippen molar-refractivity contribution in [3.63, 3.8) is 0 Å². The third-order valence-corrected chi connectivity index (χ3v) is 4.65. The van der Waals surface area contributed by atoms with Crippen molar-refractivity contribution in [3.8, 4) is 11.5 Å². The Kier molecular flexibility index (Phi) is 5.49. The first kappa shape index (κ1) is 19.9. The van der Waals surface area contributed by atoms with E-state index in [1.165, 1.54) is 18.2 Å². The van der Waals surface area contributed by atoms with Crippen molar-refractivity contribution in [2.75, 3.05) is 4.90 Å². The molecule has 0 radical (unpaired) electrons. The van der Waals surface area contributed by atoms with Gasteiger partial charge in [-0.05, 0) is 53.6 Å². The van der Waals surface area contributed by atoms with Gasteiger partial charge in [0.05, 0.1) is 5.69 Å². The number of anilines is 1. The lowest BCUT2D eigenvalue weighted by Gasteiger charge is -2.26. The van der Waals surface area contributed by atoms with Crippen LogP contribution in [0, 0.1) is 0 Å². The summed E-state index contributed by atoms with van der Waals surface area (Å²) in [6, 6.07) is 21.3. The van der Waals surface area contributed by atoms with Crippen LogP contribution in [-0.2, 0) is 16.2 Å². The van der Waals surface area contributed by atoms with E-state index < -0.39 is 17.8 Å². The van der Waals surface area contributed by atoms with Crippen molar-refractivity contribution in [2.24, 2.45) is 0 Å². The van der Waals surface area contributed by atoms with Crippen LogP contribution in [0.25, 0.3) is 6.08 Å². The fraction of sp³-hybridized carbons (Fsp3) is 0.0417. The molecule has 0 saturated carbocycles. The second kappa shape index (κ2) is 8.54. The fourth-order valence-corrected chi connectivity index (χ4v) is 3.06. The maximum Gasteiger partial charge on any atom is 0.335 e. The number of phenolic OH excluding ortho intramolecular Hbond substituents is 1. The lowest BCUT2D eigenvalue weighted by molar-refractivity contribution is -0.122. The number of carbonyl (C=O) groups is 3. The maximum absolute atomic E-state index is 12.9. The van der Waals surface area contributed by atoms with Gasteiger partial charge in [0.1, 0.15) is 23.7 Å². The molecule has 154 valence electrons. The van der Waals surface area contributed by atoms with Crippen LogP contribution in [0.2, 0.25) is 0 Å². The number of amides is 4. The molecule has 0 aromatic heterocycles. The van der Waals surface area contributed by atoms with Gasteiger partial charge in [0.2, 0.25) is 0 Å². The van der Waals surface area contributed by atoms with Gasteiger partial charge in [0.15, 0.2) is 0 Å². The van der Waals surface area contributed by atoms with E-state index in [9.17, 15) is 19.5 Å². The lowest BCUT2D eigenvalue weighted by atomic mass is 10.1. The first-order valence-electron chi connectivity index (χ1n) is 9.48. The van der Waals surface area contributed by atoms with Crippen LogP contribution in [0.1, 0.15) is 11.1 Å². The van der Waals surface area contributed by atoms with Gasteiger partial charge in [0, 0.05) is 0 Å². The topological polar surface area (TPSA) is 95.9 Å². The third kappa shape index (κ3) is 4.45. The Labute approximate surface area is 178 Å². The van der Waals surface area contributed by atoms with Crippen LogP contribution in [0.3, 0.4) is 0 Å². The standard InChI is InChI=1S/C24H18N2O5/c27-19-10-6-16(7-11-19)14-21-22(28)25-24(30)26(23(21)29)18-8-12-20(13-9-18)31-15-17-4-2-1-3-5-17/h1-14,27H,15H2,(H,25,28,30)/b21-14-. The summed E-state index contributed by atoms with van der Waals surface area (Å²) >= 11 is 0. The Morgan fingerprint density at radius 1 is 0.871 bits per heavy atom. The molecule has 2 N–H and O–H groups in total. The number of barbiturate groups is 1. The fourth-order valence-electron chi connectivity index (χ4n) is 3.06. The minimum Gasteiger partial charge on any atom is -0.508 e. The van der Waals surface area contributed by atoms with Crippen molar-refractivity contribution >= 4 is 29.6 Å². The minimum atomic E-state index is -0.823. The number of aromatic hydroxyl groups is 1. The van der Waals surface area contributed by atoms with Crippen molar-refractivity contribution in [3.05, 3.63) is 95.6 Å². The van der Waals surface area contributed by atoms with E-state index in [0.29, 0.717) is 23.6 Å². The molecule has 0 bridgehead atoms. The number of hydrogen-bond donors (Lipinski definition) is 2. The molecular weight excluding hydrogens is 396 g/mol. The third-order valence-electron chi connectivity index (χ3n) is 4.65. The molecular formula is C24H18N2O5. The second-order valence-electron chi connectivity index (χ2n) is 6.82. The van der Waals surface area contributed by atoms with Gasteiger partial charge in [-0.3, -0.25) is 14.9 Å². The molecule has 4 rings (SSSR count). The van der Waals surface area contributed by atoms with E-state index in [0.717, 1.165) is 10.5 Å². The Bertz CT molecular complexity index is 1150. The Morgan fingerprint density at radius 2 is 1.55 bits per heavy atom. The number of benzene rings is 3. The molecule has 1 aliphatic heterocycles. The molecule has 3 aromatic carbocycles. The average molecular weight is 414 g/mol. The quantitative estimate of drug-likeness (QED) is 0.491. The predicted octanol–water partition coefficient (Wildman–Crippen LogP) is 3.64. The lowest BCUT2D eigenvalue weighted by Crippen LogP contribution is -2.54. The van der Waals surface area contributed by atoms with Gasteiger partial charge in [-0.2, -0.15) is 0 Å². The second-order valence-corrected chi connectivity index (χ2v) is 6.82. The molecule has 31 heavy (non-hydrogen) atoms. The van der Waals surface area contributed by atoms with Gasteiger partial charge in [-0.15, -0.1) is 0 Å². The largest absolute Gasteiger partial charge is 0.508 e. The Balaban J connectivity index is 1.53. The number of nitrogens with one attached hydrogen (secondary N) is 1. The predicted molar refractivity (Wildman–Crippen MR) is 114 cm³/mol. The zero-order chi connectivity index (χ0) is 21.8. The summed E-state index contributed by atoms with van der Waals surface area (Å²) in [6.07, 6.45) is 1.37. The molecule has 0 unspecified atom stereocenters. The molecule has 7 nitrogen and oxygen atoms in total. The molecule has 4 amide bonds. The van der Waals surface area contributed by atoms with Crippen LogP contribution in [-0.4, -0.2) is 23.0 Å². The molecule has 1 aliphatic rings. The highest BCUT2D eigenvalue weighted by atomic mass is 16.5. The van der Waals surface area contributed by atoms with Gasteiger partial charge >= 0.3 is 6.03 Å². The van der Waals surface area contributed by atoms with Gasteiger partial charge in [-0.25, -0.2) is 9.69 Å². The van der Waals surface area contributed by atoms with Gasteiger partial charge in [0.25, 0.3) is 11.8 Å². The summed E-state index contributed by atoms with van der Waals surface area (Å²) in [5.41, 5.74) is 1.67. The highest BCUT2D eigenvalue weighted by molar-refractivity contribution is 6.39. The van der Waals surface area contributed by atoms with Gasteiger partial charge < -0.3 is 9.84 Å². The van der Waals surface area contributed by atoms with E-state index in [4.69, 9.17) is 4.74 Å². The van der Waals surface area contributed by atoms with Crippen LogP contribution < -0.4 is 15.0 Å². The zero-order valence-electron chi connectivity index (χ0n) is 16.3. The number of hydrogen-bond acceptors (Lipinski definition) is 5. The number of urea groups is 1. The Morgan fingerprint density at radius 3 is 2.23 bits per heavy atom. The van der Waals surface area contributed by atoms with E-state index >= 15 is 0 Å². The molecule has 0 atom stereocenters. The summed E-state index contributed by atoms with van der Waals surface area (Å²) in [6.45, 7) is 0.386. The number of imide groups is 2. The van der Waals surface area contributed by atoms with E-state index in [1.54, 1.807) is 36.4 Å². The monoisotopic (exact) mass is 414 g/mol. The van der Waals surface area contributed by atoms with Crippen LogP contribution in [0.4, 0.5) is 10.5 Å². The smallest absolute Gasteiger partial charge is 0.335 e. The average Bonchev–Trinajstić information content (AvgIpc) is 2.78. The van der Waals surface area contributed by atoms with Crippen molar-refractivity contribution in [1.82, 2.24) is 5.32 Å². The summed E-state index contributed by atoms with van der Waals surface area (Å²) in [5, 5.41) is 11.6. The van der Waals surface area contributed by atoms with Crippen molar-refractivity contribution in [1.29, 1.82) is 0 Å². The number of carbonyl (C=O) groups excluding carboxylic acids is 3. The SMILES string of the molecule is O=C1NC(=O)N(c2ccc(OCc3ccccc3)cc2)C(=O)/C1=C\c1ccc(O)cc1. The molecule has 0 spiro atoms. The highest BCUT2D eigenvalue weighted by Gasteiger charge is 2.36. The Hall–Kier alpha value is -4.39. The summed E-state index contributed by atoms with van der Waals surface area (Å²) in [4.78, 5) is 38.4. The summed E-state index contributed by atoms with van der Waals surface area (Å²) in [7, 11) is 0. The summed E-state index contributed by atoms with van der Waals surface area (Å²) < 4.78 is 5.72. The van der Waals surface area contributed by atoms with E-state index in [1.807, 2.05) is 30.3 Å². The zero-order valence-corrected chi connectivity index (χ0v) is 16.3. The van der Waals surface area contributed by atoms with Crippen LogP contribution in [0.15, 0.2) is 84.4 Å². The summed E-state index contributed by atoms with van der Waals surface area (Å²) in [5.74, 6) is -0.872. The first-order chi connectivity index (χ1) is 15.0.